The lowest BCUT2D eigenvalue weighted by molar-refractivity contribution is -0.00766. The predicted molar refractivity (Wildman–Crippen MR) is 71.3 cm³/mol. The monoisotopic (exact) mass is 243 g/mol. The highest BCUT2D eigenvalue weighted by Crippen LogP contribution is 2.16. The highest BCUT2D eigenvalue weighted by atomic mass is 16.5. The molecule has 102 valence electrons. The second-order valence-corrected chi connectivity index (χ2v) is 5.45. The lowest BCUT2D eigenvalue weighted by Crippen LogP contribution is -2.25. The summed E-state index contributed by atoms with van der Waals surface area (Å²) in [4.78, 5) is 0. The van der Waals surface area contributed by atoms with E-state index in [0.717, 1.165) is 38.7 Å². The minimum Gasteiger partial charge on any atom is -0.381 e. The third-order valence-corrected chi connectivity index (χ3v) is 3.30. The van der Waals surface area contributed by atoms with Gasteiger partial charge >= 0.3 is 0 Å². The molecule has 0 aromatic carbocycles. The summed E-state index contributed by atoms with van der Waals surface area (Å²) in [5.41, 5.74) is 0. The molecule has 1 N–H and O–H groups in total. The summed E-state index contributed by atoms with van der Waals surface area (Å²) >= 11 is 0. The summed E-state index contributed by atoms with van der Waals surface area (Å²) in [6, 6.07) is 0.591. The second-order valence-electron chi connectivity index (χ2n) is 5.45. The Labute approximate surface area is 106 Å². The minimum absolute atomic E-state index is 0.395. The van der Waals surface area contributed by atoms with Gasteiger partial charge in [0, 0.05) is 25.9 Å². The van der Waals surface area contributed by atoms with Crippen molar-refractivity contribution >= 4 is 0 Å². The minimum atomic E-state index is 0.395. The van der Waals surface area contributed by atoms with Crippen molar-refractivity contribution in [3.8, 4) is 0 Å². The van der Waals surface area contributed by atoms with Crippen LogP contribution in [0.2, 0.25) is 0 Å². The number of ether oxygens (including phenoxy) is 2. The van der Waals surface area contributed by atoms with E-state index in [9.17, 15) is 0 Å². The van der Waals surface area contributed by atoms with E-state index in [1.54, 1.807) is 0 Å². The molecular weight excluding hydrogens is 214 g/mol. The van der Waals surface area contributed by atoms with Crippen LogP contribution in [0, 0.1) is 5.92 Å². The van der Waals surface area contributed by atoms with Crippen LogP contribution in [0.5, 0.6) is 0 Å². The fourth-order valence-corrected chi connectivity index (χ4v) is 2.08. The molecule has 0 radical (unpaired) electrons. The van der Waals surface area contributed by atoms with Gasteiger partial charge in [-0.05, 0) is 45.1 Å². The molecule has 0 spiro atoms. The number of hydrogen-bond donors (Lipinski definition) is 1. The van der Waals surface area contributed by atoms with E-state index < -0.39 is 0 Å². The molecule has 0 saturated carbocycles. The topological polar surface area (TPSA) is 30.5 Å². The Balaban J connectivity index is 1.94. The lowest BCUT2D eigenvalue weighted by atomic mass is 10.0. The zero-order valence-corrected chi connectivity index (χ0v) is 11.7. The van der Waals surface area contributed by atoms with Crippen LogP contribution >= 0.6 is 0 Å². The molecule has 0 amide bonds. The quantitative estimate of drug-likeness (QED) is 0.665. The molecule has 1 atom stereocenters. The Morgan fingerprint density at radius 1 is 1.24 bits per heavy atom. The van der Waals surface area contributed by atoms with Crippen LogP contribution in [-0.4, -0.2) is 38.5 Å². The number of rotatable bonds is 8. The van der Waals surface area contributed by atoms with E-state index in [2.05, 4.69) is 26.1 Å². The molecule has 0 aromatic heterocycles. The molecule has 3 nitrogen and oxygen atoms in total. The number of nitrogens with one attached hydrogen (secondary N) is 1. The molecular formula is C14H29NO2. The van der Waals surface area contributed by atoms with Gasteiger partial charge in [0.05, 0.1) is 6.10 Å². The van der Waals surface area contributed by atoms with Crippen molar-refractivity contribution in [1.29, 1.82) is 0 Å². The molecule has 0 bridgehead atoms. The Kier molecular flexibility index (Phi) is 7.82. The van der Waals surface area contributed by atoms with Crippen molar-refractivity contribution in [3.63, 3.8) is 0 Å². The van der Waals surface area contributed by atoms with Crippen molar-refractivity contribution in [2.45, 2.75) is 58.6 Å². The van der Waals surface area contributed by atoms with E-state index in [1.165, 1.54) is 19.3 Å². The van der Waals surface area contributed by atoms with Crippen LogP contribution in [0.25, 0.3) is 0 Å². The third kappa shape index (κ3) is 7.74. The average Bonchev–Trinajstić information content (AvgIpc) is 2.33. The first-order chi connectivity index (χ1) is 8.18. The van der Waals surface area contributed by atoms with Crippen molar-refractivity contribution in [1.82, 2.24) is 5.32 Å². The largest absolute Gasteiger partial charge is 0.381 e. The standard InChI is InChI=1S/C14H29NO2/c1-12(2)15-8-4-5-13(3)17-11-14-6-9-16-10-7-14/h12-15H,4-11H2,1-3H3. The van der Waals surface area contributed by atoms with E-state index >= 15 is 0 Å². The van der Waals surface area contributed by atoms with Crippen molar-refractivity contribution in [3.05, 3.63) is 0 Å². The molecule has 1 fully saturated rings. The molecule has 1 aliphatic rings. The van der Waals surface area contributed by atoms with Gasteiger partial charge in [-0.2, -0.15) is 0 Å². The fourth-order valence-electron chi connectivity index (χ4n) is 2.08. The first-order valence-corrected chi connectivity index (χ1v) is 7.11. The summed E-state index contributed by atoms with van der Waals surface area (Å²) in [6.07, 6.45) is 5.09. The molecule has 17 heavy (non-hydrogen) atoms. The highest BCUT2D eigenvalue weighted by Gasteiger charge is 2.15. The van der Waals surface area contributed by atoms with Gasteiger partial charge in [0.25, 0.3) is 0 Å². The summed E-state index contributed by atoms with van der Waals surface area (Å²) < 4.78 is 11.2. The SMILES string of the molecule is CC(C)NCCCC(C)OCC1CCOCC1. The second kappa shape index (κ2) is 8.90. The van der Waals surface area contributed by atoms with Crippen LogP contribution in [0.1, 0.15) is 46.5 Å². The lowest BCUT2D eigenvalue weighted by Gasteiger charge is -2.23. The van der Waals surface area contributed by atoms with Gasteiger partial charge < -0.3 is 14.8 Å². The van der Waals surface area contributed by atoms with Crippen LogP contribution < -0.4 is 5.32 Å². The van der Waals surface area contributed by atoms with Gasteiger partial charge in [0.2, 0.25) is 0 Å². The molecule has 0 aliphatic carbocycles. The van der Waals surface area contributed by atoms with E-state index in [0.29, 0.717) is 12.1 Å². The maximum Gasteiger partial charge on any atom is 0.0547 e. The first-order valence-electron chi connectivity index (χ1n) is 7.11. The van der Waals surface area contributed by atoms with Crippen LogP contribution in [0.3, 0.4) is 0 Å². The molecule has 1 saturated heterocycles. The van der Waals surface area contributed by atoms with E-state index in [4.69, 9.17) is 9.47 Å². The number of hydrogen-bond acceptors (Lipinski definition) is 3. The van der Waals surface area contributed by atoms with E-state index in [1.807, 2.05) is 0 Å². The predicted octanol–water partition coefficient (Wildman–Crippen LogP) is 2.60. The Hall–Kier alpha value is -0.120. The van der Waals surface area contributed by atoms with Gasteiger partial charge in [-0.15, -0.1) is 0 Å². The van der Waals surface area contributed by atoms with Gasteiger partial charge in [0.15, 0.2) is 0 Å². The average molecular weight is 243 g/mol. The smallest absolute Gasteiger partial charge is 0.0547 e. The Morgan fingerprint density at radius 2 is 1.94 bits per heavy atom. The molecule has 3 heteroatoms. The summed E-state index contributed by atoms with van der Waals surface area (Å²) in [7, 11) is 0. The van der Waals surface area contributed by atoms with Crippen LogP contribution in [0.15, 0.2) is 0 Å². The highest BCUT2D eigenvalue weighted by molar-refractivity contribution is 4.64. The van der Waals surface area contributed by atoms with Gasteiger partial charge in [0.1, 0.15) is 0 Å². The van der Waals surface area contributed by atoms with Gasteiger partial charge in [-0.25, -0.2) is 0 Å². The third-order valence-electron chi connectivity index (χ3n) is 3.30. The first kappa shape index (κ1) is 14.9. The molecule has 1 unspecified atom stereocenters. The summed E-state index contributed by atoms with van der Waals surface area (Å²) in [5.74, 6) is 0.722. The van der Waals surface area contributed by atoms with Crippen molar-refractivity contribution in [2.75, 3.05) is 26.4 Å². The fraction of sp³-hybridized carbons (Fsp3) is 1.00. The summed E-state index contributed by atoms with van der Waals surface area (Å²) in [6.45, 7) is 10.4. The van der Waals surface area contributed by atoms with Crippen molar-refractivity contribution in [2.24, 2.45) is 5.92 Å². The zero-order chi connectivity index (χ0) is 12.5. The zero-order valence-electron chi connectivity index (χ0n) is 11.7. The van der Waals surface area contributed by atoms with Crippen molar-refractivity contribution < 1.29 is 9.47 Å². The maximum absolute atomic E-state index is 5.91. The van der Waals surface area contributed by atoms with Gasteiger partial charge in [-0.1, -0.05) is 13.8 Å². The normalized spacial score (nSPS) is 19.8. The van der Waals surface area contributed by atoms with E-state index in [-0.39, 0.29) is 0 Å². The molecule has 0 aromatic rings. The van der Waals surface area contributed by atoms with Crippen LogP contribution in [0.4, 0.5) is 0 Å². The molecule has 1 heterocycles. The maximum atomic E-state index is 5.91. The molecule has 1 aliphatic heterocycles. The Bertz CT molecular complexity index is 179. The Morgan fingerprint density at radius 3 is 2.59 bits per heavy atom. The summed E-state index contributed by atoms with van der Waals surface area (Å²) in [5, 5.41) is 3.43. The van der Waals surface area contributed by atoms with Crippen LogP contribution in [-0.2, 0) is 9.47 Å². The van der Waals surface area contributed by atoms with Gasteiger partial charge in [-0.3, -0.25) is 0 Å². The molecule has 1 rings (SSSR count).